The van der Waals surface area contributed by atoms with E-state index in [0.717, 1.165) is 34.0 Å². The van der Waals surface area contributed by atoms with Crippen LogP contribution in [0, 0.1) is 6.92 Å². The van der Waals surface area contributed by atoms with E-state index in [0.29, 0.717) is 5.02 Å². The molecule has 0 saturated heterocycles. The maximum absolute atomic E-state index is 6.11. The third-order valence-electron chi connectivity index (χ3n) is 3.60. The Hall–Kier alpha value is -2.59. The summed E-state index contributed by atoms with van der Waals surface area (Å²) in [5.74, 6) is 0.871. The molecule has 0 fully saturated rings. The molecular formula is C17H13ClN4. The number of nitrogens with one attached hydrogen (secondary N) is 1. The number of nitrogens with zero attached hydrogens (tertiary/aromatic N) is 3. The lowest BCUT2D eigenvalue weighted by atomic mass is 10.1. The number of aryl methyl sites for hydroxylation is 1. The van der Waals surface area contributed by atoms with Gasteiger partial charge in [0.25, 0.3) is 0 Å². The molecule has 0 unspecified atom stereocenters. The van der Waals surface area contributed by atoms with Gasteiger partial charge in [-0.05, 0) is 31.2 Å². The molecule has 4 nitrogen and oxygen atoms in total. The van der Waals surface area contributed by atoms with Crippen LogP contribution in [0.25, 0.3) is 28.2 Å². The molecule has 1 N–H and O–H groups in total. The predicted molar refractivity (Wildman–Crippen MR) is 88.0 cm³/mol. The van der Waals surface area contributed by atoms with Crippen molar-refractivity contribution >= 4 is 17.2 Å². The SMILES string of the molecule is Cc1nc(-c2cccc(Cl)c2)c(-c2ccc3nccn3c2)[nH]1. The van der Waals surface area contributed by atoms with E-state index < -0.39 is 0 Å². The number of imidazole rings is 2. The zero-order valence-electron chi connectivity index (χ0n) is 11.9. The van der Waals surface area contributed by atoms with Crippen LogP contribution in [0.2, 0.25) is 5.02 Å². The van der Waals surface area contributed by atoms with Crippen LogP contribution in [0.3, 0.4) is 0 Å². The van der Waals surface area contributed by atoms with Crippen LogP contribution in [0.1, 0.15) is 5.82 Å². The fourth-order valence-electron chi connectivity index (χ4n) is 2.61. The molecule has 0 aliphatic heterocycles. The van der Waals surface area contributed by atoms with Gasteiger partial charge in [-0.1, -0.05) is 23.7 Å². The molecule has 0 bridgehead atoms. The molecule has 5 heteroatoms. The van der Waals surface area contributed by atoms with Crippen molar-refractivity contribution in [2.24, 2.45) is 0 Å². The molecule has 3 heterocycles. The lowest BCUT2D eigenvalue weighted by Crippen LogP contribution is -1.88. The van der Waals surface area contributed by atoms with Crippen molar-refractivity contribution in [2.45, 2.75) is 6.92 Å². The van der Waals surface area contributed by atoms with Crippen LogP contribution in [0.5, 0.6) is 0 Å². The van der Waals surface area contributed by atoms with E-state index in [1.54, 1.807) is 6.20 Å². The Labute approximate surface area is 132 Å². The van der Waals surface area contributed by atoms with Crippen LogP contribution in [0.15, 0.2) is 55.0 Å². The van der Waals surface area contributed by atoms with Gasteiger partial charge in [0, 0.05) is 34.7 Å². The molecule has 108 valence electrons. The quantitative estimate of drug-likeness (QED) is 0.598. The lowest BCUT2D eigenvalue weighted by molar-refractivity contribution is 1.15. The number of fused-ring (bicyclic) bond motifs is 1. The van der Waals surface area contributed by atoms with E-state index in [1.165, 1.54) is 0 Å². The highest BCUT2D eigenvalue weighted by atomic mass is 35.5. The van der Waals surface area contributed by atoms with Crippen LogP contribution in [-0.2, 0) is 0 Å². The molecule has 1 aromatic carbocycles. The number of halogens is 1. The topological polar surface area (TPSA) is 46.0 Å². The second-order valence-corrected chi connectivity index (χ2v) is 5.60. The molecule has 0 atom stereocenters. The number of benzene rings is 1. The van der Waals surface area contributed by atoms with E-state index in [1.807, 2.05) is 60.1 Å². The van der Waals surface area contributed by atoms with Crippen LogP contribution in [-0.4, -0.2) is 19.4 Å². The number of pyridine rings is 1. The number of H-pyrrole nitrogens is 1. The van der Waals surface area contributed by atoms with Gasteiger partial charge in [-0.15, -0.1) is 0 Å². The monoisotopic (exact) mass is 308 g/mol. The minimum Gasteiger partial charge on any atom is -0.342 e. The molecule has 4 aromatic rings. The molecule has 0 amide bonds. The number of aromatic nitrogens is 4. The highest BCUT2D eigenvalue weighted by Crippen LogP contribution is 2.31. The lowest BCUT2D eigenvalue weighted by Gasteiger charge is -2.05. The Morgan fingerprint density at radius 2 is 2.05 bits per heavy atom. The second kappa shape index (κ2) is 5.00. The number of hydrogen-bond acceptors (Lipinski definition) is 2. The Kier molecular flexibility index (Phi) is 2.98. The Morgan fingerprint density at radius 1 is 1.14 bits per heavy atom. The Bertz CT molecular complexity index is 968. The van der Waals surface area contributed by atoms with Crippen LogP contribution >= 0.6 is 11.6 Å². The van der Waals surface area contributed by atoms with Gasteiger partial charge in [0.15, 0.2) is 0 Å². The minimum absolute atomic E-state index is 0.703. The summed E-state index contributed by atoms with van der Waals surface area (Å²) in [4.78, 5) is 12.2. The predicted octanol–water partition coefficient (Wildman–Crippen LogP) is 4.35. The number of rotatable bonds is 2. The molecule has 0 radical (unpaired) electrons. The van der Waals surface area contributed by atoms with Crippen molar-refractivity contribution in [3.05, 3.63) is 65.8 Å². The molecule has 4 rings (SSSR count). The maximum Gasteiger partial charge on any atom is 0.136 e. The fraction of sp³-hybridized carbons (Fsp3) is 0.0588. The van der Waals surface area contributed by atoms with Gasteiger partial charge < -0.3 is 9.38 Å². The zero-order chi connectivity index (χ0) is 15.1. The van der Waals surface area contributed by atoms with Crippen LogP contribution < -0.4 is 0 Å². The molecule has 0 aliphatic rings. The first-order valence-corrected chi connectivity index (χ1v) is 7.34. The minimum atomic E-state index is 0.703. The summed E-state index contributed by atoms with van der Waals surface area (Å²) in [7, 11) is 0. The summed E-state index contributed by atoms with van der Waals surface area (Å²) < 4.78 is 1.99. The van der Waals surface area contributed by atoms with Crippen molar-refractivity contribution in [1.82, 2.24) is 19.4 Å². The average Bonchev–Trinajstić information content (AvgIpc) is 3.12. The first kappa shape index (κ1) is 13.1. The summed E-state index contributed by atoms with van der Waals surface area (Å²) >= 11 is 6.11. The summed E-state index contributed by atoms with van der Waals surface area (Å²) in [6.45, 7) is 1.95. The highest BCUT2D eigenvalue weighted by molar-refractivity contribution is 6.30. The van der Waals surface area contributed by atoms with Gasteiger partial charge in [0.1, 0.15) is 11.5 Å². The second-order valence-electron chi connectivity index (χ2n) is 5.17. The highest BCUT2D eigenvalue weighted by Gasteiger charge is 2.13. The third kappa shape index (κ3) is 2.18. The summed E-state index contributed by atoms with van der Waals surface area (Å²) in [5, 5.41) is 0.703. The average molecular weight is 309 g/mol. The molecule has 0 spiro atoms. The first-order chi connectivity index (χ1) is 10.7. The van der Waals surface area contributed by atoms with E-state index in [4.69, 9.17) is 11.6 Å². The zero-order valence-corrected chi connectivity index (χ0v) is 12.7. The summed E-state index contributed by atoms with van der Waals surface area (Å²) in [6.07, 6.45) is 5.76. The van der Waals surface area contributed by atoms with Gasteiger partial charge in [-0.2, -0.15) is 0 Å². The van der Waals surface area contributed by atoms with E-state index in [9.17, 15) is 0 Å². The van der Waals surface area contributed by atoms with E-state index in [-0.39, 0.29) is 0 Å². The van der Waals surface area contributed by atoms with Crippen molar-refractivity contribution < 1.29 is 0 Å². The van der Waals surface area contributed by atoms with Crippen molar-refractivity contribution in [2.75, 3.05) is 0 Å². The van der Waals surface area contributed by atoms with Gasteiger partial charge in [0.05, 0.1) is 11.4 Å². The van der Waals surface area contributed by atoms with Crippen LogP contribution in [0.4, 0.5) is 0 Å². The maximum atomic E-state index is 6.11. The number of hydrogen-bond donors (Lipinski definition) is 1. The van der Waals surface area contributed by atoms with Gasteiger partial charge in [-0.25, -0.2) is 9.97 Å². The Morgan fingerprint density at radius 3 is 2.91 bits per heavy atom. The standard InChI is InChI=1S/C17H13ClN4/c1-11-20-16(12-3-2-4-14(18)9-12)17(21-11)13-5-6-15-19-7-8-22(15)10-13/h2-10H,1H3,(H,20,21). The van der Waals surface area contributed by atoms with E-state index in [2.05, 4.69) is 15.0 Å². The van der Waals surface area contributed by atoms with Crippen molar-refractivity contribution in [3.8, 4) is 22.5 Å². The van der Waals surface area contributed by atoms with Gasteiger partial charge >= 0.3 is 0 Å². The van der Waals surface area contributed by atoms with Gasteiger partial charge in [-0.3, -0.25) is 0 Å². The normalized spacial score (nSPS) is 11.2. The molecule has 3 aromatic heterocycles. The molecule has 22 heavy (non-hydrogen) atoms. The molecule has 0 aliphatic carbocycles. The summed E-state index contributed by atoms with van der Waals surface area (Å²) in [5.41, 5.74) is 4.86. The first-order valence-electron chi connectivity index (χ1n) is 6.96. The number of aromatic amines is 1. The van der Waals surface area contributed by atoms with Gasteiger partial charge in [0.2, 0.25) is 0 Å². The fourth-order valence-corrected chi connectivity index (χ4v) is 2.80. The molecule has 0 saturated carbocycles. The van der Waals surface area contributed by atoms with Crippen molar-refractivity contribution in [1.29, 1.82) is 0 Å². The largest absolute Gasteiger partial charge is 0.342 e. The molecular weight excluding hydrogens is 296 g/mol. The van der Waals surface area contributed by atoms with Crippen molar-refractivity contribution in [3.63, 3.8) is 0 Å². The third-order valence-corrected chi connectivity index (χ3v) is 3.83. The smallest absolute Gasteiger partial charge is 0.136 e. The Balaban J connectivity index is 1.91. The van der Waals surface area contributed by atoms with E-state index >= 15 is 0 Å². The summed E-state index contributed by atoms with van der Waals surface area (Å²) in [6, 6.07) is 11.8.